The lowest BCUT2D eigenvalue weighted by molar-refractivity contribution is -0.138. The Kier molecular flexibility index (Phi) is 3.97. The molecular formula is C15H19N3O3. The average Bonchev–Trinajstić information content (AvgIpc) is 2.79. The van der Waals surface area contributed by atoms with Crippen LogP contribution in [0.1, 0.15) is 33.2 Å². The third-order valence-electron chi connectivity index (χ3n) is 3.33. The van der Waals surface area contributed by atoms with Crippen molar-refractivity contribution < 1.29 is 14.7 Å². The molecule has 0 bridgehead atoms. The quantitative estimate of drug-likeness (QED) is 0.881. The number of carbonyl (C=O) groups excluding carboxylic acids is 1. The number of carboxylic acid groups (broad SMARTS) is 1. The number of para-hydroxylation sites is 2. The molecule has 1 unspecified atom stereocenters. The molecule has 0 aliphatic rings. The molecule has 1 amide bonds. The smallest absolute Gasteiger partial charge is 0.305 e. The molecule has 0 saturated carbocycles. The Hall–Kier alpha value is -2.37. The number of benzene rings is 1. The summed E-state index contributed by atoms with van der Waals surface area (Å²) in [6.07, 6.45) is 1.50. The number of carbonyl (C=O) groups is 2. The molecule has 2 aromatic rings. The van der Waals surface area contributed by atoms with Gasteiger partial charge in [0.15, 0.2) is 0 Å². The van der Waals surface area contributed by atoms with Gasteiger partial charge in [0.05, 0.1) is 23.8 Å². The van der Waals surface area contributed by atoms with E-state index < -0.39 is 17.6 Å². The maximum atomic E-state index is 12.3. The summed E-state index contributed by atoms with van der Waals surface area (Å²) in [5, 5.41) is 11.6. The lowest BCUT2D eigenvalue weighted by Crippen LogP contribution is -2.47. The van der Waals surface area contributed by atoms with E-state index in [0.29, 0.717) is 0 Å². The second-order valence-corrected chi connectivity index (χ2v) is 5.76. The Morgan fingerprint density at radius 1 is 1.38 bits per heavy atom. The van der Waals surface area contributed by atoms with Crippen LogP contribution in [0.15, 0.2) is 30.6 Å². The number of rotatable bonds is 5. The van der Waals surface area contributed by atoms with E-state index >= 15 is 0 Å². The van der Waals surface area contributed by atoms with Crippen LogP contribution in [0.4, 0.5) is 0 Å². The molecule has 1 aromatic heterocycles. The highest BCUT2D eigenvalue weighted by Gasteiger charge is 2.27. The van der Waals surface area contributed by atoms with Crippen molar-refractivity contribution in [2.45, 2.75) is 38.8 Å². The number of carboxylic acids is 1. The zero-order valence-electron chi connectivity index (χ0n) is 12.3. The summed E-state index contributed by atoms with van der Waals surface area (Å²) in [5.41, 5.74) is 0.895. The van der Waals surface area contributed by atoms with Gasteiger partial charge in [0.2, 0.25) is 5.91 Å². The molecule has 2 N–H and O–H groups in total. The van der Waals surface area contributed by atoms with Crippen molar-refractivity contribution in [1.82, 2.24) is 14.9 Å². The van der Waals surface area contributed by atoms with Crippen LogP contribution in [0.25, 0.3) is 11.0 Å². The lowest BCUT2D eigenvalue weighted by Gasteiger charge is -2.26. The van der Waals surface area contributed by atoms with Gasteiger partial charge in [0.1, 0.15) is 6.04 Å². The van der Waals surface area contributed by atoms with Crippen LogP contribution in [0.3, 0.4) is 0 Å². The van der Waals surface area contributed by atoms with Gasteiger partial charge in [-0.15, -0.1) is 0 Å². The minimum atomic E-state index is -0.943. The Balaban J connectivity index is 2.18. The van der Waals surface area contributed by atoms with E-state index in [1.54, 1.807) is 31.7 Å². The topological polar surface area (TPSA) is 84.2 Å². The van der Waals surface area contributed by atoms with Gasteiger partial charge in [-0.3, -0.25) is 9.59 Å². The number of aliphatic carboxylic acids is 1. The van der Waals surface area contributed by atoms with Gasteiger partial charge in [-0.2, -0.15) is 0 Å². The third kappa shape index (κ3) is 3.39. The van der Waals surface area contributed by atoms with Crippen molar-refractivity contribution in [3.63, 3.8) is 0 Å². The lowest BCUT2D eigenvalue weighted by atomic mass is 10.0. The molecule has 0 fully saturated rings. The zero-order valence-corrected chi connectivity index (χ0v) is 12.3. The number of aromatic nitrogens is 2. The van der Waals surface area contributed by atoms with Crippen molar-refractivity contribution >= 4 is 22.9 Å². The molecule has 2 rings (SSSR count). The highest BCUT2D eigenvalue weighted by molar-refractivity contribution is 5.84. The third-order valence-corrected chi connectivity index (χ3v) is 3.33. The van der Waals surface area contributed by atoms with Crippen LogP contribution in [0.2, 0.25) is 0 Å². The molecule has 1 heterocycles. The van der Waals surface area contributed by atoms with Crippen molar-refractivity contribution in [3.8, 4) is 0 Å². The van der Waals surface area contributed by atoms with Gasteiger partial charge < -0.3 is 15.0 Å². The van der Waals surface area contributed by atoms with Crippen molar-refractivity contribution in [1.29, 1.82) is 0 Å². The number of hydrogen-bond acceptors (Lipinski definition) is 3. The number of nitrogens with zero attached hydrogens (tertiary/aromatic N) is 2. The fourth-order valence-corrected chi connectivity index (χ4v) is 2.27. The largest absolute Gasteiger partial charge is 0.481 e. The molecular weight excluding hydrogens is 270 g/mol. The second-order valence-electron chi connectivity index (χ2n) is 5.76. The van der Waals surface area contributed by atoms with E-state index in [-0.39, 0.29) is 12.3 Å². The summed E-state index contributed by atoms with van der Waals surface area (Å²) in [5.74, 6) is -1.18. The second kappa shape index (κ2) is 5.55. The Bertz CT molecular complexity index is 676. The standard InChI is InChI=1S/C15H19N3O3/c1-10(14(21)17-15(2,3)8-13(19)20)18-9-16-11-6-4-5-7-12(11)18/h4-7,9-10H,8H2,1-3H3,(H,17,21)(H,19,20). The Morgan fingerprint density at radius 2 is 2.05 bits per heavy atom. The van der Waals surface area contributed by atoms with Crippen LogP contribution >= 0.6 is 0 Å². The van der Waals surface area contributed by atoms with E-state index in [4.69, 9.17) is 5.11 Å². The van der Waals surface area contributed by atoms with Gasteiger partial charge in [-0.1, -0.05) is 12.1 Å². The molecule has 6 nitrogen and oxygen atoms in total. The first-order valence-corrected chi connectivity index (χ1v) is 6.75. The molecule has 1 aromatic carbocycles. The first-order valence-electron chi connectivity index (χ1n) is 6.75. The zero-order chi connectivity index (χ0) is 15.6. The van der Waals surface area contributed by atoms with Crippen LogP contribution in [-0.4, -0.2) is 32.1 Å². The maximum Gasteiger partial charge on any atom is 0.305 e. The summed E-state index contributed by atoms with van der Waals surface area (Å²) >= 11 is 0. The summed E-state index contributed by atoms with van der Waals surface area (Å²) in [4.78, 5) is 27.4. The van der Waals surface area contributed by atoms with E-state index in [1.807, 2.05) is 24.3 Å². The predicted octanol–water partition coefficient (Wildman–Crippen LogP) is 1.97. The Morgan fingerprint density at radius 3 is 2.71 bits per heavy atom. The molecule has 0 saturated heterocycles. The number of amides is 1. The summed E-state index contributed by atoms with van der Waals surface area (Å²) in [6, 6.07) is 7.09. The highest BCUT2D eigenvalue weighted by Crippen LogP contribution is 2.18. The highest BCUT2D eigenvalue weighted by atomic mass is 16.4. The average molecular weight is 289 g/mol. The van der Waals surface area contributed by atoms with E-state index in [0.717, 1.165) is 11.0 Å². The van der Waals surface area contributed by atoms with E-state index in [9.17, 15) is 9.59 Å². The van der Waals surface area contributed by atoms with Gasteiger partial charge in [-0.05, 0) is 32.9 Å². The molecule has 1 atom stereocenters. The van der Waals surface area contributed by atoms with Gasteiger partial charge in [0.25, 0.3) is 0 Å². The van der Waals surface area contributed by atoms with Gasteiger partial charge in [0, 0.05) is 5.54 Å². The molecule has 21 heavy (non-hydrogen) atoms. The number of fused-ring (bicyclic) bond motifs is 1. The van der Waals surface area contributed by atoms with Crippen LogP contribution < -0.4 is 5.32 Å². The SMILES string of the molecule is CC(C(=O)NC(C)(C)CC(=O)O)n1cnc2ccccc21. The Labute approximate surface area is 122 Å². The summed E-state index contributed by atoms with van der Waals surface area (Å²) in [7, 11) is 0. The summed E-state index contributed by atoms with van der Waals surface area (Å²) < 4.78 is 1.78. The number of nitrogens with one attached hydrogen (secondary N) is 1. The minimum absolute atomic E-state index is 0.129. The number of imidazole rings is 1. The molecule has 112 valence electrons. The minimum Gasteiger partial charge on any atom is -0.481 e. The van der Waals surface area contributed by atoms with Crippen molar-refractivity contribution in [3.05, 3.63) is 30.6 Å². The van der Waals surface area contributed by atoms with Gasteiger partial charge in [-0.25, -0.2) is 4.98 Å². The molecule has 6 heteroatoms. The fourth-order valence-electron chi connectivity index (χ4n) is 2.27. The van der Waals surface area contributed by atoms with Crippen LogP contribution in [-0.2, 0) is 9.59 Å². The first-order chi connectivity index (χ1) is 9.80. The monoisotopic (exact) mass is 289 g/mol. The van der Waals surface area contributed by atoms with Gasteiger partial charge >= 0.3 is 5.97 Å². The maximum absolute atomic E-state index is 12.3. The van der Waals surface area contributed by atoms with Crippen molar-refractivity contribution in [2.24, 2.45) is 0 Å². The molecule has 0 spiro atoms. The summed E-state index contributed by atoms with van der Waals surface area (Å²) in [6.45, 7) is 5.15. The normalized spacial score (nSPS) is 13.1. The first kappa shape index (κ1) is 15.0. The molecule has 0 radical (unpaired) electrons. The van der Waals surface area contributed by atoms with E-state index in [2.05, 4.69) is 10.3 Å². The molecule has 0 aliphatic carbocycles. The van der Waals surface area contributed by atoms with Crippen molar-refractivity contribution in [2.75, 3.05) is 0 Å². The van der Waals surface area contributed by atoms with E-state index in [1.165, 1.54) is 0 Å². The van der Waals surface area contributed by atoms with Crippen LogP contribution in [0.5, 0.6) is 0 Å². The molecule has 0 aliphatic heterocycles. The van der Waals surface area contributed by atoms with Crippen LogP contribution in [0, 0.1) is 0 Å². The fraction of sp³-hybridized carbons (Fsp3) is 0.400. The number of hydrogen-bond donors (Lipinski definition) is 2. The predicted molar refractivity (Wildman–Crippen MR) is 78.9 cm³/mol.